The van der Waals surface area contributed by atoms with Gasteiger partial charge in [-0.3, -0.25) is 14.3 Å². The smallest absolute Gasteiger partial charge is 0.263 e. The van der Waals surface area contributed by atoms with Crippen LogP contribution in [0.4, 0.5) is 11.4 Å². The third-order valence-electron chi connectivity index (χ3n) is 5.59. The van der Waals surface area contributed by atoms with Gasteiger partial charge in [-0.15, -0.1) is 0 Å². The summed E-state index contributed by atoms with van der Waals surface area (Å²) in [5.74, 6) is 0.294. The molecule has 0 radical (unpaired) electrons. The normalized spacial score (nSPS) is 15.5. The summed E-state index contributed by atoms with van der Waals surface area (Å²) in [4.78, 5) is 27.5. The number of aromatic nitrogens is 2. The third kappa shape index (κ3) is 4.58. The molecule has 2 aromatic rings. The van der Waals surface area contributed by atoms with E-state index in [0.717, 1.165) is 35.6 Å². The van der Waals surface area contributed by atoms with Gasteiger partial charge in [-0.25, -0.2) is 0 Å². The maximum absolute atomic E-state index is 12.8. The third-order valence-corrected chi connectivity index (χ3v) is 5.59. The maximum Gasteiger partial charge on any atom is 0.263 e. The Labute approximate surface area is 177 Å². The van der Waals surface area contributed by atoms with Crippen LogP contribution in [0.5, 0.6) is 5.75 Å². The molecule has 2 N–H and O–H groups in total. The van der Waals surface area contributed by atoms with E-state index in [2.05, 4.69) is 15.7 Å². The number of anilines is 2. The van der Waals surface area contributed by atoms with Crippen LogP contribution in [-0.2, 0) is 16.6 Å². The lowest BCUT2D eigenvalue weighted by atomic mass is 10.1. The molecule has 2 heterocycles. The van der Waals surface area contributed by atoms with Gasteiger partial charge in [-0.1, -0.05) is 26.0 Å². The van der Waals surface area contributed by atoms with Gasteiger partial charge in [0.2, 0.25) is 5.91 Å². The van der Waals surface area contributed by atoms with Gasteiger partial charge in [0, 0.05) is 13.1 Å². The number of carbonyl (C=O) groups is 2. The first-order valence-corrected chi connectivity index (χ1v) is 10.4. The number of ether oxygens (including phenoxy) is 1. The number of amides is 2. The molecular weight excluding hydrogens is 382 g/mol. The number of hydrogen-bond donors (Lipinski definition) is 2. The van der Waals surface area contributed by atoms with Crippen LogP contribution in [0, 0.1) is 13.8 Å². The van der Waals surface area contributed by atoms with Crippen molar-refractivity contribution in [1.82, 2.24) is 15.1 Å². The van der Waals surface area contributed by atoms with Crippen LogP contribution in [0.1, 0.15) is 38.1 Å². The van der Waals surface area contributed by atoms with Gasteiger partial charge in [0.05, 0.1) is 35.9 Å². The maximum atomic E-state index is 12.8. The zero-order chi connectivity index (χ0) is 21.8. The van der Waals surface area contributed by atoms with Gasteiger partial charge in [0.15, 0.2) is 6.10 Å². The first-order chi connectivity index (χ1) is 14.3. The SMILES string of the molecule is CCC(CC)NC(=O)C1CN(CC(=O)Nc2c(C)nn(C)c2C)c2ccccc2O1. The number of nitrogens with one attached hydrogen (secondary N) is 2. The number of benzene rings is 1. The summed E-state index contributed by atoms with van der Waals surface area (Å²) in [6.45, 7) is 8.29. The molecule has 0 bridgehead atoms. The van der Waals surface area contributed by atoms with Crippen LogP contribution in [0.2, 0.25) is 0 Å². The van der Waals surface area contributed by atoms with Gasteiger partial charge in [-0.05, 0) is 38.8 Å². The Morgan fingerprint density at radius 3 is 2.57 bits per heavy atom. The van der Waals surface area contributed by atoms with Crippen molar-refractivity contribution in [3.63, 3.8) is 0 Å². The average molecular weight is 414 g/mol. The van der Waals surface area contributed by atoms with E-state index in [0.29, 0.717) is 12.3 Å². The number of carbonyl (C=O) groups excluding carboxylic acids is 2. The molecule has 1 aromatic heterocycles. The molecule has 8 nitrogen and oxygen atoms in total. The van der Waals surface area contributed by atoms with Gasteiger partial charge in [-0.2, -0.15) is 5.10 Å². The summed E-state index contributed by atoms with van der Waals surface area (Å²) in [7, 11) is 1.85. The lowest BCUT2D eigenvalue weighted by Crippen LogP contribution is -2.52. The molecule has 1 aromatic carbocycles. The average Bonchev–Trinajstić information content (AvgIpc) is 2.97. The van der Waals surface area contributed by atoms with E-state index in [1.165, 1.54) is 0 Å². The summed E-state index contributed by atoms with van der Waals surface area (Å²) in [5.41, 5.74) is 3.20. The Balaban J connectivity index is 1.75. The number of nitrogens with zero attached hydrogens (tertiary/aromatic N) is 3. The van der Waals surface area contributed by atoms with Gasteiger partial charge < -0.3 is 20.3 Å². The van der Waals surface area contributed by atoms with Gasteiger partial charge >= 0.3 is 0 Å². The first kappa shape index (κ1) is 21.7. The van der Waals surface area contributed by atoms with E-state index >= 15 is 0 Å². The minimum absolute atomic E-state index is 0.114. The second-order valence-corrected chi connectivity index (χ2v) is 7.69. The zero-order valence-electron chi connectivity index (χ0n) is 18.4. The minimum atomic E-state index is -0.671. The molecule has 0 spiro atoms. The van der Waals surface area contributed by atoms with Crippen LogP contribution in [0.25, 0.3) is 0 Å². The Kier molecular flexibility index (Phi) is 6.64. The number of aryl methyl sites for hydroxylation is 2. The van der Waals surface area contributed by atoms with E-state index in [1.54, 1.807) is 4.68 Å². The molecule has 0 saturated heterocycles. The fourth-order valence-electron chi connectivity index (χ4n) is 3.69. The molecule has 1 unspecified atom stereocenters. The predicted molar refractivity (Wildman–Crippen MR) is 117 cm³/mol. The molecule has 30 heavy (non-hydrogen) atoms. The highest BCUT2D eigenvalue weighted by atomic mass is 16.5. The molecule has 0 saturated carbocycles. The second-order valence-electron chi connectivity index (χ2n) is 7.69. The molecule has 1 aliphatic rings. The van der Waals surface area contributed by atoms with Crippen LogP contribution in [-0.4, -0.2) is 46.8 Å². The van der Waals surface area contributed by atoms with E-state index in [9.17, 15) is 9.59 Å². The minimum Gasteiger partial charge on any atom is -0.477 e. The highest BCUT2D eigenvalue weighted by Crippen LogP contribution is 2.33. The topological polar surface area (TPSA) is 88.5 Å². The van der Waals surface area contributed by atoms with E-state index in [4.69, 9.17) is 4.74 Å². The first-order valence-electron chi connectivity index (χ1n) is 10.4. The molecule has 162 valence electrons. The zero-order valence-corrected chi connectivity index (χ0v) is 18.4. The van der Waals surface area contributed by atoms with Crippen molar-refractivity contribution < 1.29 is 14.3 Å². The fraction of sp³-hybridized carbons (Fsp3) is 0.500. The predicted octanol–water partition coefficient (Wildman–Crippen LogP) is 2.55. The Morgan fingerprint density at radius 1 is 1.23 bits per heavy atom. The number of rotatable bonds is 7. The van der Waals surface area contributed by atoms with Gasteiger partial charge in [0.1, 0.15) is 5.75 Å². The van der Waals surface area contributed by atoms with Gasteiger partial charge in [0.25, 0.3) is 5.91 Å². The lowest BCUT2D eigenvalue weighted by Gasteiger charge is -2.35. The van der Waals surface area contributed by atoms with Crippen molar-refractivity contribution in [3.8, 4) is 5.75 Å². The fourth-order valence-corrected chi connectivity index (χ4v) is 3.69. The van der Waals surface area contributed by atoms with Crippen molar-refractivity contribution in [3.05, 3.63) is 35.7 Å². The van der Waals surface area contributed by atoms with Crippen molar-refractivity contribution in [2.75, 3.05) is 23.3 Å². The molecule has 3 rings (SSSR count). The molecule has 1 aliphatic heterocycles. The summed E-state index contributed by atoms with van der Waals surface area (Å²) in [6, 6.07) is 7.60. The van der Waals surface area contributed by atoms with E-state index in [-0.39, 0.29) is 24.4 Å². The summed E-state index contributed by atoms with van der Waals surface area (Å²) < 4.78 is 7.70. The second kappa shape index (κ2) is 9.19. The lowest BCUT2D eigenvalue weighted by molar-refractivity contribution is -0.129. The van der Waals surface area contributed by atoms with Crippen LogP contribution in [0.3, 0.4) is 0 Å². The largest absolute Gasteiger partial charge is 0.477 e. The Bertz CT molecular complexity index is 919. The Hall–Kier alpha value is -3.03. The molecule has 0 fully saturated rings. The van der Waals surface area contributed by atoms with E-state index < -0.39 is 6.10 Å². The number of para-hydroxylation sites is 2. The number of fused-ring (bicyclic) bond motifs is 1. The monoisotopic (exact) mass is 413 g/mol. The molecule has 2 amide bonds. The Morgan fingerprint density at radius 2 is 1.93 bits per heavy atom. The van der Waals surface area contributed by atoms with Crippen molar-refractivity contribution in [2.45, 2.75) is 52.7 Å². The summed E-state index contributed by atoms with van der Waals surface area (Å²) >= 11 is 0. The standard InChI is InChI=1S/C22H31N5O3/c1-6-16(7-2)23-22(29)19-12-27(17-10-8-9-11-18(17)30-19)13-20(28)24-21-14(3)25-26(5)15(21)4/h8-11,16,19H,6-7,12-13H2,1-5H3,(H,23,29)(H,24,28). The highest BCUT2D eigenvalue weighted by Gasteiger charge is 2.32. The van der Waals surface area contributed by atoms with Crippen LogP contribution < -0.4 is 20.3 Å². The number of hydrogen-bond acceptors (Lipinski definition) is 5. The van der Waals surface area contributed by atoms with Crippen LogP contribution in [0.15, 0.2) is 24.3 Å². The molecular formula is C22H31N5O3. The molecule has 0 aliphatic carbocycles. The van der Waals surface area contributed by atoms with E-state index in [1.807, 2.05) is 63.9 Å². The van der Waals surface area contributed by atoms with Crippen molar-refractivity contribution in [2.24, 2.45) is 7.05 Å². The molecule has 8 heteroatoms. The summed E-state index contributed by atoms with van der Waals surface area (Å²) in [6.07, 6.45) is 1.05. The highest BCUT2D eigenvalue weighted by molar-refractivity contribution is 5.95. The summed E-state index contributed by atoms with van der Waals surface area (Å²) in [5, 5.41) is 10.4. The van der Waals surface area contributed by atoms with Crippen LogP contribution >= 0.6 is 0 Å². The van der Waals surface area contributed by atoms with Crippen molar-refractivity contribution in [1.29, 1.82) is 0 Å². The molecule has 1 atom stereocenters. The van der Waals surface area contributed by atoms with Crippen molar-refractivity contribution >= 4 is 23.2 Å². The quantitative estimate of drug-likeness (QED) is 0.728.